The zero-order valence-corrected chi connectivity index (χ0v) is 20.3. The number of aromatic nitrogens is 1. The number of para-hydroxylation sites is 1. The summed E-state index contributed by atoms with van der Waals surface area (Å²) in [6, 6.07) is 19.4. The predicted octanol–water partition coefficient (Wildman–Crippen LogP) is 5.01. The van der Waals surface area contributed by atoms with Gasteiger partial charge in [-0.05, 0) is 54.6 Å². The van der Waals surface area contributed by atoms with Crippen LogP contribution in [0.15, 0.2) is 66.0 Å². The highest BCUT2D eigenvalue weighted by molar-refractivity contribution is 7.16. The van der Waals surface area contributed by atoms with Crippen LogP contribution in [0, 0.1) is 0 Å². The molecular formula is C27H27N3O3S. The summed E-state index contributed by atoms with van der Waals surface area (Å²) in [5, 5.41) is 6.10. The third kappa shape index (κ3) is 3.56. The van der Waals surface area contributed by atoms with Crippen molar-refractivity contribution >= 4 is 39.1 Å². The lowest BCUT2D eigenvalue weighted by Gasteiger charge is -2.44. The molecule has 0 spiro atoms. The molecule has 5 rings (SSSR count). The molecule has 0 aliphatic carbocycles. The Morgan fingerprint density at radius 1 is 1.15 bits per heavy atom. The Kier molecular flexibility index (Phi) is 5.65. The van der Waals surface area contributed by atoms with E-state index in [0.717, 1.165) is 22.2 Å². The minimum Gasteiger partial charge on any atom is -0.496 e. The van der Waals surface area contributed by atoms with E-state index in [-0.39, 0.29) is 11.8 Å². The highest BCUT2D eigenvalue weighted by Gasteiger charge is 2.48. The molecule has 0 radical (unpaired) electrons. The van der Waals surface area contributed by atoms with Gasteiger partial charge in [-0.1, -0.05) is 37.3 Å². The van der Waals surface area contributed by atoms with Crippen LogP contribution in [0.5, 0.6) is 5.75 Å². The van der Waals surface area contributed by atoms with Gasteiger partial charge in [0.25, 0.3) is 5.91 Å². The number of anilines is 1. The fourth-order valence-electron chi connectivity index (χ4n) is 4.70. The van der Waals surface area contributed by atoms with Crippen LogP contribution in [0.25, 0.3) is 10.2 Å². The monoisotopic (exact) mass is 473 g/mol. The number of benzene rings is 2. The van der Waals surface area contributed by atoms with Crippen molar-refractivity contribution in [2.24, 2.45) is 0 Å². The Bertz CT molecular complexity index is 1370. The number of hydrogen-bond donors (Lipinski definition) is 1. The second-order valence-corrected chi connectivity index (χ2v) is 9.62. The van der Waals surface area contributed by atoms with Crippen molar-refractivity contribution in [3.8, 4) is 5.75 Å². The van der Waals surface area contributed by atoms with Crippen LogP contribution in [0.4, 0.5) is 5.69 Å². The lowest BCUT2D eigenvalue weighted by atomic mass is 9.93. The highest BCUT2D eigenvalue weighted by Crippen LogP contribution is 2.37. The number of nitrogens with zero attached hydrogens (tertiary/aromatic N) is 2. The molecule has 6 nitrogen and oxygen atoms in total. The normalized spacial score (nSPS) is 17.6. The van der Waals surface area contributed by atoms with Gasteiger partial charge in [0.1, 0.15) is 21.8 Å². The molecule has 0 unspecified atom stereocenters. The summed E-state index contributed by atoms with van der Waals surface area (Å²) >= 11 is 1.58. The average Bonchev–Trinajstić information content (AvgIpc) is 3.45. The fourth-order valence-corrected chi connectivity index (χ4v) is 5.59. The van der Waals surface area contributed by atoms with Crippen molar-refractivity contribution in [3.63, 3.8) is 0 Å². The number of ether oxygens (including phenoxy) is 1. The Hall–Kier alpha value is -3.58. The van der Waals surface area contributed by atoms with Crippen LogP contribution in [-0.4, -0.2) is 29.0 Å². The number of aryl methyl sites for hydroxylation is 1. The van der Waals surface area contributed by atoms with Gasteiger partial charge in [-0.3, -0.25) is 14.5 Å². The second-order valence-electron chi connectivity index (χ2n) is 8.73. The van der Waals surface area contributed by atoms with Crippen molar-refractivity contribution in [2.75, 3.05) is 12.0 Å². The molecular weight excluding hydrogens is 446 g/mol. The number of thiophene rings is 1. The molecule has 0 saturated heterocycles. The zero-order valence-electron chi connectivity index (χ0n) is 19.5. The summed E-state index contributed by atoms with van der Waals surface area (Å²) in [7, 11) is 1.61. The Morgan fingerprint density at radius 2 is 1.91 bits per heavy atom. The number of amides is 2. The molecule has 1 atom stereocenters. The molecule has 0 fully saturated rings. The largest absolute Gasteiger partial charge is 0.496 e. The van der Waals surface area contributed by atoms with E-state index >= 15 is 0 Å². The topological polar surface area (TPSA) is 63.6 Å². The zero-order chi connectivity index (χ0) is 23.9. The van der Waals surface area contributed by atoms with Crippen LogP contribution in [0.2, 0.25) is 0 Å². The van der Waals surface area contributed by atoms with Crippen molar-refractivity contribution in [2.45, 2.75) is 38.9 Å². The molecule has 2 aromatic heterocycles. The summed E-state index contributed by atoms with van der Waals surface area (Å²) in [4.78, 5) is 30.3. The van der Waals surface area contributed by atoms with E-state index in [1.54, 1.807) is 23.3 Å². The van der Waals surface area contributed by atoms with E-state index in [4.69, 9.17) is 4.74 Å². The molecule has 2 aromatic carbocycles. The summed E-state index contributed by atoms with van der Waals surface area (Å²) in [5.41, 5.74) is 2.27. The second kappa shape index (κ2) is 8.65. The van der Waals surface area contributed by atoms with Gasteiger partial charge in [0.2, 0.25) is 5.91 Å². The van der Waals surface area contributed by atoms with E-state index in [0.29, 0.717) is 30.2 Å². The number of carbonyl (C=O) groups is 2. The number of rotatable bonds is 6. The minimum atomic E-state index is -1.12. The number of methoxy groups -OCH3 is 1. The van der Waals surface area contributed by atoms with E-state index in [2.05, 4.69) is 12.2 Å². The Labute approximate surface area is 202 Å². The standard InChI is InChI=1S/C27H27N3O3S/c1-4-18-9-11-21(12-10-18)30-24(31)22-15-19-13-14-34-25(19)29(22)17-27(30,2)26(32)28-16-20-7-5-6-8-23(20)33-3/h5-15H,4,16-17H2,1-3H3,(H,28,32)/t27-/m1/s1. The van der Waals surface area contributed by atoms with Crippen LogP contribution in [-0.2, 0) is 24.3 Å². The van der Waals surface area contributed by atoms with Crippen LogP contribution < -0.4 is 15.0 Å². The highest BCUT2D eigenvalue weighted by atomic mass is 32.1. The van der Waals surface area contributed by atoms with E-state index < -0.39 is 5.54 Å². The van der Waals surface area contributed by atoms with E-state index in [9.17, 15) is 9.59 Å². The van der Waals surface area contributed by atoms with Gasteiger partial charge in [0, 0.05) is 23.2 Å². The van der Waals surface area contributed by atoms with Gasteiger partial charge in [-0.25, -0.2) is 0 Å². The van der Waals surface area contributed by atoms with E-state index in [1.807, 2.05) is 77.5 Å². The van der Waals surface area contributed by atoms with E-state index in [1.165, 1.54) is 5.56 Å². The number of carbonyl (C=O) groups excluding carboxylic acids is 2. The lowest BCUT2D eigenvalue weighted by Crippen LogP contribution is -2.64. The summed E-state index contributed by atoms with van der Waals surface area (Å²) in [5.74, 6) is 0.330. The van der Waals surface area contributed by atoms with Gasteiger partial charge in [-0.2, -0.15) is 0 Å². The average molecular weight is 474 g/mol. The molecule has 0 saturated carbocycles. The maximum absolute atomic E-state index is 13.8. The van der Waals surface area contributed by atoms with Gasteiger partial charge < -0.3 is 14.6 Å². The molecule has 3 heterocycles. The molecule has 1 aliphatic rings. The lowest BCUT2D eigenvalue weighted by molar-refractivity contribution is -0.126. The van der Waals surface area contributed by atoms with Gasteiger partial charge in [0.15, 0.2) is 0 Å². The van der Waals surface area contributed by atoms with Crippen LogP contribution in [0.1, 0.15) is 35.5 Å². The van der Waals surface area contributed by atoms with Crippen LogP contribution in [0.3, 0.4) is 0 Å². The first-order valence-electron chi connectivity index (χ1n) is 11.4. The maximum Gasteiger partial charge on any atom is 0.275 e. The smallest absolute Gasteiger partial charge is 0.275 e. The molecule has 2 amide bonds. The quantitative estimate of drug-likeness (QED) is 0.428. The fraction of sp³-hybridized carbons (Fsp3) is 0.259. The number of fused-ring (bicyclic) bond motifs is 3. The molecule has 34 heavy (non-hydrogen) atoms. The molecule has 174 valence electrons. The SMILES string of the molecule is CCc1ccc(N2C(=O)c3cc4ccsc4n3C[C@]2(C)C(=O)NCc2ccccc2OC)cc1. The summed E-state index contributed by atoms with van der Waals surface area (Å²) < 4.78 is 7.42. The Balaban J connectivity index is 1.55. The van der Waals surface area contributed by atoms with Crippen molar-refractivity contribution in [3.05, 3.63) is 82.9 Å². The third-order valence-electron chi connectivity index (χ3n) is 6.61. The summed E-state index contributed by atoms with van der Waals surface area (Å²) in [6.07, 6.45) is 0.907. The first kappa shape index (κ1) is 22.2. The first-order valence-corrected chi connectivity index (χ1v) is 12.2. The molecule has 0 bridgehead atoms. The van der Waals surface area contributed by atoms with Crippen molar-refractivity contribution in [1.29, 1.82) is 0 Å². The summed E-state index contributed by atoms with van der Waals surface area (Å²) in [6.45, 7) is 4.61. The Morgan fingerprint density at radius 3 is 2.65 bits per heavy atom. The van der Waals surface area contributed by atoms with Gasteiger partial charge in [0.05, 0.1) is 13.7 Å². The molecule has 7 heteroatoms. The first-order chi connectivity index (χ1) is 16.5. The minimum absolute atomic E-state index is 0.172. The van der Waals surface area contributed by atoms with Crippen molar-refractivity contribution < 1.29 is 14.3 Å². The van der Waals surface area contributed by atoms with Crippen LogP contribution >= 0.6 is 11.3 Å². The van der Waals surface area contributed by atoms with Gasteiger partial charge >= 0.3 is 0 Å². The predicted molar refractivity (Wildman–Crippen MR) is 136 cm³/mol. The maximum atomic E-state index is 13.8. The molecule has 1 N–H and O–H groups in total. The number of nitrogens with one attached hydrogen (secondary N) is 1. The molecule has 1 aliphatic heterocycles. The number of hydrogen-bond acceptors (Lipinski definition) is 4. The third-order valence-corrected chi connectivity index (χ3v) is 7.56. The molecule has 4 aromatic rings. The van der Waals surface area contributed by atoms with Gasteiger partial charge in [-0.15, -0.1) is 11.3 Å². The van der Waals surface area contributed by atoms with Crippen molar-refractivity contribution in [1.82, 2.24) is 9.88 Å².